The van der Waals surface area contributed by atoms with Crippen LogP contribution in [0.4, 0.5) is 0 Å². The first-order chi connectivity index (χ1) is 10.9. The highest BCUT2D eigenvalue weighted by molar-refractivity contribution is 6.03. The van der Waals surface area contributed by atoms with Gasteiger partial charge in [0.25, 0.3) is 0 Å². The lowest BCUT2D eigenvalue weighted by atomic mass is 9.66. The molecule has 1 atom stereocenters. The topological polar surface area (TPSA) is 91.7 Å². The van der Waals surface area contributed by atoms with E-state index >= 15 is 0 Å². The monoisotopic (exact) mass is 316 g/mol. The number of aliphatic carboxylic acids is 2. The molecule has 2 rings (SSSR count). The minimum atomic E-state index is -1.74. The van der Waals surface area contributed by atoms with E-state index < -0.39 is 22.9 Å². The van der Waals surface area contributed by atoms with Crippen molar-refractivity contribution in [1.82, 2.24) is 0 Å². The van der Waals surface area contributed by atoms with E-state index in [1.54, 1.807) is 30.3 Å². The Morgan fingerprint density at radius 2 is 1.65 bits per heavy atom. The second kappa shape index (κ2) is 6.77. The number of carboxylic acid groups (broad SMARTS) is 2. The SMILES string of the molecule is C=C(C(=O)O)C(CC(=O)c1ccccc1)(C(=O)O)C1CCCC1. The zero-order chi connectivity index (χ0) is 17.0. The third-order valence-corrected chi connectivity index (χ3v) is 4.77. The standard InChI is InChI=1S/C18H20O5/c1-12(16(20)21)18(17(22)23,14-9-5-6-10-14)11-15(19)13-7-3-2-4-8-13/h2-4,7-8,14H,1,5-6,9-11H2,(H,20,21)(H,22,23). The molecule has 1 fully saturated rings. The van der Waals surface area contributed by atoms with Crippen LogP contribution >= 0.6 is 0 Å². The maximum Gasteiger partial charge on any atom is 0.332 e. The second-order valence-corrected chi connectivity index (χ2v) is 6.01. The van der Waals surface area contributed by atoms with Gasteiger partial charge < -0.3 is 10.2 Å². The summed E-state index contributed by atoms with van der Waals surface area (Å²) >= 11 is 0. The number of carbonyl (C=O) groups is 3. The van der Waals surface area contributed by atoms with E-state index in [9.17, 15) is 24.6 Å². The van der Waals surface area contributed by atoms with Crippen molar-refractivity contribution in [2.45, 2.75) is 32.1 Å². The van der Waals surface area contributed by atoms with Gasteiger partial charge in [-0.2, -0.15) is 0 Å². The van der Waals surface area contributed by atoms with E-state index in [4.69, 9.17) is 0 Å². The number of hydrogen-bond donors (Lipinski definition) is 2. The van der Waals surface area contributed by atoms with Crippen molar-refractivity contribution in [3.8, 4) is 0 Å². The molecule has 1 aromatic rings. The summed E-state index contributed by atoms with van der Waals surface area (Å²) in [5, 5.41) is 19.2. The minimum absolute atomic E-state index is 0.373. The molecule has 0 aliphatic heterocycles. The van der Waals surface area contributed by atoms with Crippen LogP contribution in [0.1, 0.15) is 42.5 Å². The fraction of sp³-hybridized carbons (Fsp3) is 0.389. The molecule has 5 nitrogen and oxygen atoms in total. The highest BCUT2D eigenvalue weighted by Crippen LogP contribution is 2.48. The molecule has 2 N–H and O–H groups in total. The Hall–Kier alpha value is -2.43. The first-order valence-corrected chi connectivity index (χ1v) is 7.64. The van der Waals surface area contributed by atoms with Crippen molar-refractivity contribution in [3.63, 3.8) is 0 Å². The van der Waals surface area contributed by atoms with Crippen molar-refractivity contribution in [3.05, 3.63) is 48.0 Å². The lowest BCUT2D eigenvalue weighted by Crippen LogP contribution is -2.43. The van der Waals surface area contributed by atoms with Crippen molar-refractivity contribution < 1.29 is 24.6 Å². The summed E-state index contributed by atoms with van der Waals surface area (Å²) in [5.41, 5.74) is -1.76. The van der Waals surface area contributed by atoms with Crippen LogP contribution in [-0.4, -0.2) is 27.9 Å². The summed E-state index contributed by atoms with van der Waals surface area (Å²) in [6, 6.07) is 8.35. The van der Waals surface area contributed by atoms with Crippen molar-refractivity contribution in [2.75, 3.05) is 0 Å². The zero-order valence-electron chi connectivity index (χ0n) is 12.8. The first kappa shape index (κ1) is 16.9. The van der Waals surface area contributed by atoms with Gasteiger partial charge >= 0.3 is 11.9 Å². The predicted octanol–water partition coefficient (Wildman–Crippen LogP) is 3.16. The zero-order valence-corrected chi connectivity index (χ0v) is 12.8. The van der Waals surface area contributed by atoms with E-state index in [-0.39, 0.29) is 18.1 Å². The third-order valence-electron chi connectivity index (χ3n) is 4.77. The van der Waals surface area contributed by atoms with Gasteiger partial charge in [-0.15, -0.1) is 0 Å². The van der Waals surface area contributed by atoms with Gasteiger partial charge in [0.05, 0.1) is 0 Å². The molecule has 1 aliphatic carbocycles. The number of Topliss-reactive ketones (excluding diaryl/α,β-unsaturated/α-hetero) is 1. The molecule has 0 spiro atoms. The Balaban J connectivity index is 2.43. The maximum atomic E-state index is 12.6. The van der Waals surface area contributed by atoms with Crippen LogP contribution in [0.5, 0.6) is 0 Å². The number of ketones is 1. The van der Waals surface area contributed by atoms with E-state index in [1.807, 2.05) is 0 Å². The van der Waals surface area contributed by atoms with Crippen LogP contribution < -0.4 is 0 Å². The summed E-state index contributed by atoms with van der Waals surface area (Å²) in [6.07, 6.45) is 2.50. The molecule has 0 saturated heterocycles. The molecule has 0 bridgehead atoms. The van der Waals surface area contributed by atoms with Crippen LogP contribution in [0.15, 0.2) is 42.5 Å². The van der Waals surface area contributed by atoms with Crippen LogP contribution in [0, 0.1) is 11.3 Å². The summed E-state index contributed by atoms with van der Waals surface area (Å²) in [7, 11) is 0. The summed E-state index contributed by atoms with van der Waals surface area (Å²) < 4.78 is 0. The molecule has 23 heavy (non-hydrogen) atoms. The molecule has 1 aliphatic rings. The Labute approximate surface area is 134 Å². The number of benzene rings is 1. The van der Waals surface area contributed by atoms with E-state index in [0.29, 0.717) is 18.4 Å². The largest absolute Gasteiger partial charge is 0.481 e. The Morgan fingerprint density at radius 1 is 1.09 bits per heavy atom. The minimum Gasteiger partial charge on any atom is -0.481 e. The lowest BCUT2D eigenvalue weighted by molar-refractivity contribution is -0.153. The molecule has 5 heteroatoms. The summed E-state index contributed by atoms with van der Waals surface area (Å²) in [4.78, 5) is 36.0. The highest BCUT2D eigenvalue weighted by atomic mass is 16.4. The van der Waals surface area contributed by atoms with E-state index in [0.717, 1.165) is 12.8 Å². The summed E-state index contributed by atoms with van der Waals surface area (Å²) in [5.74, 6) is -3.39. The quantitative estimate of drug-likeness (QED) is 0.595. The van der Waals surface area contributed by atoms with Gasteiger partial charge in [-0.3, -0.25) is 9.59 Å². The molecule has 0 amide bonds. The van der Waals surface area contributed by atoms with Crippen molar-refractivity contribution in [1.29, 1.82) is 0 Å². The molecular weight excluding hydrogens is 296 g/mol. The van der Waals surface area contributed by atoms with Gasteiger partial charge in [0, 0.05) is 17.6 Å². The fourth-order valence-corrected chi connectivity index (χ4v) is 3.47. The Morgan fingerprint density at radius 3 is 2.13 bits per heavy atom. The highest BCUT2D eigenvalue weighted by Gasteiger charge is 2.52. The molecule has 1 unspecified atom stereocenters. The molecule has 0 aromatic heterocycles. The first-order valence-electron chi connectivity index (χ1n) is 7.64. The number of carboxylic acids is 2. The fourth-order valence-electron chi connectivity index (χ4n) is 3.47. The summed E-state index contributed by atoms with van der Waals surface area (Å²) in [6.45, 7) is 3.51. The second-order valence-electron chi connectivity index (χ2n) is 6.01. The Kier molecular flexibility index (Phi) is 4.98. The van der Waals surface area contributed by atoms with Gasteiger partial charge in [0.15, 0.2) is 5.78 Å². The van der Waals surface area contributed by atoms with Crippen LogP contribution in [0.3, 0.4) is 0 Å². The van der Waals surface area contributed by atoms with Gasteiger partial charge in [0.2, 0.25) is 0 Å². The van der Waals surface area contributed by atoms with Crippen LogP contribution in [0.2, 0.25) is 0 Å². The number of rotatable bonds is 7. The van der Waals surface area contributed by atoms with Crippen molar-refractivity contribution >= 4 is 17.7 Å². The smallest absolute Gasteiger partial charge is 0.332 e. The average Bonchev–Trinajstić information content (AvgIpc) is 3.06. The molecule has 1 saturated carbocycles. The lowest BCUT2D eigenvalue weighted by Gasteiger charge is -2.34. The average molecular weight is 316 g/mol. The van der Waals surface area contributed by atoms with Gasteiger partial charge in [-0.25, -0.2) is 4.79 Å². The normalized spacial score (nSPS) is 17.4. The molecule has 1 aromatic carbocycles. The van der Waals surface area contributed by atoms with Gasteiger partial charge in [0.1, 0.15) is 5.41 Å². The van der Waals surface area contributed by atoms with Gasteiger partial charge in [-0.1, -0.05) is 49.8 Å². The van der Waals surface area contributed by atoms with Crippen LogP contribution in [-0.2, 0) is 9.59 Å². The molecule has 0 radical (unpaired) electrons. The third kappa shape index (κ3) is 3.18. The molecule has 0 heterocycles. The van der Waals surface area contributed by atoms with Gasteiger partial charge in [-0.05, 0) is 18.8 Å². The predicted molar refractivity (Wildman–Crippen MR) is 84.2 cm³/mol. The number of hydrogen-bond acceptors (Lipinski definition) is 3. The molecule has 122 valence electrons. The molecular formula is C18H20O5. The van der Waals surface area contributed by atoms with E-state index in [1.165, 1.54) is 0 Å². The number of carbonyl (C=O) groups excluding carboxylic acids is 1. The Bertz CT molecular complexity index is 628. The van der Waals surface area contributed by atoms with E-state index in [2.05, 4.69) is 6.58 Å². The maximum absolute atomic E-state index is 12.6. The van der Waals surface area contributed by atoms with Crippen LogP contribution in [0.25, 0.3) is 0 Å². The van der Waals surface area contributed by atoms with Crippen molar-refractivity contribution in [2.24, 2.45) is 11.3 Å².